The van der Waals surface area contributed by atoms with Crippen LogP contribution in [0.4, 0.5) is 0 Å². The second-order valence-electron chi connectivity index (χ2n) is 3.79. The maximum atomic E-state index is 11.4. The number of ether oxygens (including phenoxy) is 1. The van der Waals surface area contributed by atoms with Crippen LogP contribution in [0.3, 0.4) is 0 Å². The Balaban J connectivity index is 2.42. The molecule has 0 fully saturated rings. The van der Waals surface area contributed by atoms with Crippen molar-refractivity contribution in [3.63, 3.8) is 0 Å². The van der Waals surface area contributed by atoms with E-state index in [1.807, 2.05) is 6.92 Å². The summed E-state index contributed by atoms with van der Waals surface area (Å²) in [6.07, 6.45) is 3.95. The lowest BCUT2D eigenvalue weighted by Gasteiger charge is -2.13. The predicted octanol–water partition coefficient (Wildman–Crippen LogP) is -0.0518. The van der Waals surface area contributed by atoms with E-state index in [1.165, 1.54) is 12.5 Å². The quantitative estimate of drug-likeness (QED) is 0.565. The zero-order valence-corrected chi connectivity index (χ0v) is 10.2. The maximum Gasteiger partial charge on any atom is 0.326 e. The van der Waals surface area contributed by atoms with Gasteiger partial charge in [0.1, 0.15) is 12.6 Å². The van der Waals surface area contributed by atoms with E-state index in [-0.39, 0.29) is 13.0 Å². The summed E-state index contributed by atoms with van der Waals surface area (Å²) in [6, 6.07) is -0.983. The van der Waals surface area contributed by atoms with Gasteiger partial charge in [0, 0.05) is 24.9 Å². The average molecular weight is 255 g/mol. The van der Waals surface area contributed by atoms with E-state index in [0.29, 0.717) is 12.3 Å². The number of aliphatic carboxylic acids is 1. The van der Waals surface area contributed by atoms with Gasteiger partial charge in [0.15, 0.2) is 0 Å². The van der Waals surface area contributed by atoms with Crippen molar-refractivity contribution in [3.8, 4) is 0 Å². The second kappa shape index (κ2) is 7.44. The summed E-state index contributed by atoms with van der Waals surface area (Å²) in [7, 11) is 0. The fraction of sp³-hybridized carbons (Fsp3) is 0.545. The number of carboxylic acid groups (broad SMARTS) is 1. The molecule has 0 radical (unpaired) electrons. The molecule has 7 nitrogen and oxygen atoms in total. The number of H-pyrrole nitrogens is 1. The number of carboxylic acids is 1. The van der Waals surface area contributed by atoms with Crippen molar-refractivity contribution in [3.05, 3.63) is 18.2 Å². The standard InChI is InChI=1S/C11H17N3O4/c1-2-3-18-6-10(15)14-9(11(16)17)4-8-5-12-7-13-8/h5,7,9H,2-4,6H2,1H3,(H,12,13)(H,14,15)(H,16,17)/t9-/m0/s1. The molecule has 0 aliphatic rings. The highest BCUT2D eigenvalue weighted by atomic mass is 16.5. The first-order chi connectivity index (χ1) is 8.63. The Morgan fingerprint density at radius 2 is 2.39 bits per heavy atom. The van der Waals surface area contributed by atoms with Crippen LogP contribution in [0.1, 0.15) is 19.0 Å². The molecule has 0 aliphatic heterocycles. The number of rotatable bonds is 8. The molecule has 0 aliphatic carbocycles. The van der Waals surface area contributed by atoms with Crippen LogP contribution in [-0.4, -0.2) is 46.2 Å². The lowest BCUT2D eigenvalue weighted by atomic mass is 10.1. The number of amides is 1. The maximum absolute atomic E-state index is 11.4. The zero-order valence-electron chi connectivity index (χ0n) is 10.2. The molecule has 0 spiro atoms. The SMILES string of the molecule is CCCOCC(=O)N[C@@H](Cc1cnc[nH]1)C(=O)O. The molecule has 0 saturated carbocycles. The van der Waals surface area contributed by atoms with E-state index in [1.54, 1.807) is 0 Å². The van der Waals surface area contributed by atoms with Gasteiger partial charge in [-0.2, -0.15) is 0 Å². The summed E-state index contributed by atoms with van der Waals surface area (Å²) in [5.74, 6) is -1.52. The molecular weight excluding hydrogens is 238 g/mol. The summed E-state index contributed by atoms with van der Waals surface area (Å²) < 4.78 is 5.04. The van der Waals surface area contributed by atoms with Crippen molar-refractivity contribution in [2.75, 3.05) is 13.2 Å². The van der Waals surface area contributed by atoms with Crippen LogP contribution in [-0.2, 0) is 20.7 Å². The minimum atomic E-state index is -1.09. The highest BCUT2D eigenvalue weighted by molar-refractivity contribution is 5.84. The first-order valence-corrected chi connectivity index (χ1v) is 5.70. The molecule has 1 aromatic heterocycles. The summed E-state index contributed by atoms with van der Waals surface area (Å²) >= 11 is 0. The van der Waals surface area contributed by atoms with Gasteiger partial charge < -0.3 is 20.1 Å². The Labute approximate surface area is 105 Å². The molecule has 1 amide bonds. The fourth-order valence-electron chi connectivity index (χ4n) is 1.36. The number of carbonyl (C=O) groups is 2. The monoisotopic (exact) mass is 255 g/mol. The molecule has 0 bridgehead atoms. The largest absolute Gasteiger partial charge is 0.480 e. The topological polar surface area (TPSA) is 104 Å². The lowest BCUT2D eigenvalue weighted by Crippen LogP contribution is -2.44. The van der Waals surface area contributed by atoms with Crippen LogP contribution < -0.4 is 5.32 Å². The number of nitrogens with zero attached hydrogens (tertiary/aromatic N) is 1. The van der Waals surface area contributed by atoms with Crippen LogP contribution in [0.25, 0.3) is 0 Å². The summed E-state index contributed by atoms with van der Waals surface area (Å²) in [5.41, 5.74) is 0.650. The van der Waals surface area contributed by atoms with E-state index in [0.717, 1.165) is 6.42 Å². The minimum absolute atomic E-state index is 0.124. The molecule has 1 atom stereocenters. The van der Waals surface area contributed by atoms with Gasteiger partial charge in [-0.1, -0.05) is 6.92 Å². The number of hydrogen-bond donors (Lipinski definition) is 3. The van der Waals surface area contributed by atoms with E-state index < -0.39 is 17.9 Å². The Morgan fingerprint density at radius 3 is 2.94 bits per heavy atom. The van der Waals surface area contributed by atoms with Crippen molar-refractivity contribution >= 4 is 11.9 Å². The van der Waals surface area contributed by atoms with Crippen LogP contribution in [0.15, 0.2) is 12.5 Å². The van der Waals surface area contributed by atoms with Crippen LogP contribution in [0.2, 0.25) is 0 Å². The van der Waals surface area contributed by atoms with Gasteiger partial charge in [-0.3, -0.25) is 4.79 Å². The molecule has 0 unspecified atom stereocenters. The summed E-state index contributed by atoms with van der Waals surface area (Å²) in [6.45, 7) is 2.28. The number of aromatic amines is 1. The third kappa shape index (κ3) is 4.96. The first-order valence-electron chi connectivity index (χ1n) is 5.70. The second-order valence-corrected chi connectivity index (χ2v) is 3.79. The van der Waals surface area contributed by atoms with E-state index in [9.17, 15) is 9.59 Å². The number of aromatic nitrogens is 2. The minimum Gasteiger partial charge on any atom is -0.480 e. The van der Waals surface area contributed by atoms with Crippen molar-refractivity contribution < 1.29 is 19.4 Å². The van der Waals surface area contributed by atoms with Crippen molar-refractivity contribution in [2.24, 2.45) is 0 Å². The number of hydrogen-bond acceptors (Lipinski definition) is 4. The van der Waals surface area contributed by atoms with Crippen LogP contribution >= 0.6 is 0 Å². The van der Waals surface area contributed by atoms with Gasteiger partial charge in [-0.05, 0) is 6.42 Å². The zero-order chi connectivity index (χ0) is 13.4. The molecule has 0 aromatic carbocycles. The Kier molecular flexibility index (Phi) is 5.86. The van der Waals surface area contributed by atoms with E-state index >= 15 is 0 Å². The lowest BCUT2D eigenvalue weighted by molar-refractivity contribution is -0.142. The third-order valence-corrected chi connectivity index (χ3v) is 2.19. The Hall–Kier alpha value is -1.89. The average Bonchev–Trinajstić information content (AvgIpc) is 2.81. The molecule has 1 rings (SSSR count). The van der Waals surface area contributed by atoms with Crippen molar-refractivity contribution in [1.29, 1.82) is 0 Å². The van der Waals surface area contributed by atoms with Gasteiger partial charge in [0.05, 0.1) is 6.33 Å². The molecule has 3 N–H and O–H groups in total. The van der Waals surface area contributed by atoms with Crippen LogP contribution in [0, 0.1) is 0 Å². The number of imidazole rings is 1. The van der Waals surface area contributed by atoms with Crippen LogP contribution in [0.5, 0.6) is 0 Å². The molecule has 7 heteroatoms. The first kappa shape index (κ1) is 14.2. The highest BCUT2D eigenvalue weighted by Gasteiger charge is 2.20. The van der Waals surface area contributed by atoms with Gasteiger partial charge in [0.2, 0.25) is 5.91 Å². The summed E-state index contributed by atoms with van der Waals surface area (Å²) in [5, 5.41) is 11.4. The van der Waals surface area contributed by atoms with Gasteiger partial charge in [-0.25, -0.2) is 9.78 Å². The number of nitrogens with one attached hydrogen (secondary N) is 2. The summed E-state index contributed by atoms with van der Waals surface area (Å²) in [4.78, 5) is 29.0. The smallest absolute Gasteiger partial charge is 0.326 e. The molecular formula is C11H17N3O4. The van der Waals surface area contributed by atoms with Gasteiger partial charge in [0.25, 0.3) is 0 Å². The predicted molar refractivity (Wildman–Crippen MR) is 63.0 cm³/mol. The molecule has 18 heavy (non-hydrogen) atoms. The molecule has 0 saturated heterocycles. The van der Waals surface area contributed by atoms with Gasteiger partial charge >= 0.3 is 5.97 Å². The Morgan fingerprint density at radius 1 is 1.61 bits per heavy atom. The molecule has 100 valence electrons. The fourth-order valence-corrected chi connectivity index (χ4v) is 1.36. The van der Waals surface area contributed by atoms with Crippen molar-refractivity contribution in [2.45, 2.75) is 25.8 Å². The molecule has 1 heterocycles. The van der Waals surface area contributed by atoms with E-state index in [4.69, 9.17) is 9.84 Å². The van der Waals surface area contributed by atoms with E-state index in [2.05, 4.69) is 15.3 Å². The highest BCUT2D eigenvalue weighted by Crippen LogP contribution is 1.99. The number of carbonyl (C=O) groups excluding carboxylic acids is 1. The normalized spacial score (nSPS) is 12.1. The Bertz CT molecular complexity index is 378. The van der Waals surface area contributed by atoms with Crippen molar-refractivity contribution in [1.82, 2.24) is 15.3 Å². The van der Waals surface area contributed by atoms with Gasteiger partial charge in [-0.15, -0.1) is 0 Å². The molecule has 1 aromatic rings. The third-order valence-electron chi connectivity index (χ3n) is 2.19.